The highest BCUT2D eigenvalue weighted by Crippen LogP contribution is 2.51. The first-order chi connectivity index (χ1) is 11.6. The lowest BCUT2D eigenvalue weighted by molar-refractivity contribution is 0.145. The Morgan fingerprint density at radius 3 is 2.62 bits per heavy atom. The van der Waals surface area contributed by atoms with Crippen LogP contribution in [0.4, 0.5) is 0 Å². The van der Waals surface area contributed by atoms with E-state index in [4.69, 9.17) is 0 Å². The monoisotopic (exact) mass is 321 g/mol. The molecule has 0 N–H and O–H groups in total. The first kappa shape index (κ1) is 15.8. The van der Waals surface area contributed by atoms with E-state index in [-0.39, 0.29) is 0 Å². The van der Waals surface area contributed by atoms with Crippen LogP contribution >= 0.6 is 0 Å². The number of rotatable bonds is 4. The lowest BCUT2D eigenvalue weighted by Gasteiger charge is -2.33. The van der Waals surface area contributed by atoms with Crippen molar-refractivity contribution >= 4 is 0 Å². The summed E-state index contributed by atoms with van der Waals surface area (Å²) in [5.41, 5.74) is 4.46. The first-order valence-electron chi connectivity index (χ1n) is 9.07. The maximum Gasteiger partial charge on any atom is 0.0397 e. The molecule has 126 valence electrons. The van der Waals surface area contributed by atoms with Gasteiger partial charge in [-0.3, -0.25) is 14.8 Å². The molecule has 1 aliphatic heterocycles. The van der Waals surface area contributed by atoms with Gasteiger partial charge in [0.15, 0.2) is 0 Å². The van der Waals surface area contributed by atoms with Crippen molar-refractivity contribution in [3.63, 3.8) is 0 Å². The molecular weight excluding hydrogens is 294 g/mol. The summed E-state index contributed by atoms with van der Waals surface area (Å²) in [5.74, 6) is 1.37. The van der Waals surface area contributed by atoms with E-state index in [0.717, 1.165) is 6.54 Å². The normalized spacial score (nSPS) is 26.1. The summed E-state index contributed by atoms with van der Waals surface area (Å²) in [4.78, 5) is 9.45. The van der Waals surface area contributed by atoms with E-state index >= 15 is 0 Å². The molecule has 3 nitrogen and oxygen atoms in total. The molecule has 2 aromatic rings. The Morgan fingerprint density at radius 1 is 1.12 bits per heavy atom. The van der Waals surface area contributed by atoms with Crippen molar-refractivity contribution in [2.45, 2.75) is 38.4 Å². The lowest BCUT2D eigenvalue weighted by atomic mass is 9.93. The van der Waals surface area contributed by atoms with E-state index in [1.807, 2.05) is 18.5 Å². The summed E-state index contributed by atoms with van der Waals surface area (Å²) >= 11 is 0. The van der Waals surface area contributed by atoms with Crippen molar-refractivity contribution in [3.8, 4) is 0 Å². The fourth-order valence-electron chi connectivity index (χ4n) is 4.63. The highest BCUT2D eigenvalue weighted by atomic mass is 15.2. The van der Waals surface area contributed by atoms with Gasteiger partial charge in [-0.25, -0.2) is 0 Å². The predicted molar refractivity (Wildman–Crippen MR) is 97.8 cm³/mol. The van der Waals surface area contributed by atoms with Crippen LogP contribution in [-0.2, 0) is 6.54 Å². The third-order valence-corrected chi connectivity index (χ3v) is 5.94. The molecule has 2 aliphatic rings. The average molecular weight is 321 g/mol. The van der Waals surface area contributed by atoms with Crippen LogP contribution in [-0.4, -0.2) is 41.0 Å². The number of fused-ring (bicyclic) bond motifs is 3. The molecule has 0 saturated carbocycles. The Hall–Kier alpha value is -1.71. The van der Waals surface area contributed by atoms with E-state index in [0.29, 0.717) is 23.9 Å². The summed E-state index contributed by atoms with van der Waals surface area (Å²) in [6, 6.07) is 14.5. The van der Waals surface area contributed by atoms with E-state index in [9.17, 15) is 0 Å². The topological polar surface area (TPSA) is 19.4 Å². The van der Waals surface area contributed by atoms with Crippen LogP contribution in [0.2, 0.25) is 0 Å². The van der Waals surface area contributed by atoms with Gasteiger partial charge in [0.05, 0.1) is 0 Å². The molecule has 3 atom stereocenters. The molecule has 1 aromatic carbocycles. The van der Waals surface area contributed by atoms with Gasteiger partial charge in [-0.15, -0.1) is 0 Å². The van der Waals surface area contributed by atoms with Crippen LogP contribution in [0.1, 0.15) is 42.5 Å². The maximum atomic E-state index is 4.27. The molecule has 0 amide bonds. The zero-order chi connectivity index (χ0) is 16.7. The number of benzene rings is 1. The Balaban J connectivity index is 1.60. The Labute approximate surface area is 145 Å². The van der Waals surface area contributed by atoms with Crippen molar-refractivity contribution in [2.24, 2.45) is 5.92 Å². The molecular formula is C21H27N3. The summed E-state index contributed by atoms with van der Waals surface area (Å²) in [6.07, 6.45) is 3.85. The summed E-state index contributed by atoms with van der Waals surface area (Å²) in [7, 11) is 2.29. The molecule has 1 saturated heterocycles. The van der Waals surface area contributed by atoms with Gasteiger partial charge in [-0.2, -0.15) is 0 Å². The molecule has 1 aromatic heterocycles. The molecule has 0 bridgehead atoms. The minimum atomic E-state index is 0.546. The van der Waals surface area contributed by atoms with Crippen LogP contribution in [0.15, 0.2) is 48.8 Å². The fraction of sp³-hybridized carbons (Fsp3) is 0.476. The number of hydrogen-bond donors (Lipinski definition) is 0. The highest BCUT2D eigenvalue weighted by molar-refractivity contribution is 5.41. The lowest BCUT2D eigenvalue weighted by Crippen LogP contribution is -2.35. The quantitative estimate of drug-likeness (QED) is 0.856. The van der Waals surface area contributed by atoms with Gasteiger partial charge in [0, 0.05) is 50.0 Å². The van der Waals surface area contributed by atoms with Gasteiger partial charge >= 0.3 is 0 Å². The number of nitrogens with zero attached hydrogens (tertiary/aromatic N) is 3. The molecule has 0 spiro atoms. The van der Waals surface area contributed by atoms with E-state index in [2.05, 4.69) is 66.0 Å². The summed E-state index contributed by atoms with van der Waals surface area (Å²) < 4.78 is 0. The molecule has 24 heavy (non-hydrogen) atoms. The van der Waals surface area contributed by atoms with Crippen LogP contribution in [0.5, 0.6) is 0 Å². The Morgan fingerprint density at radius 2 is 1.92 bits per heavy atom. The molecule has 1 fully saturated rings. The smallest absolute Gasteiger partial charge is 0.0397 e. The van der Waals surface area contributed by atoms with Gasteiger partial charge in [-0.1, -0.05) is 30.3 Å². The predicted octanol–water partition coefficient (Wildman–Crippen LogP) is 3.69. The molecule has 1 aliphatic carbocycles. The van der Waals surface area contributed by atoms with E-state index in [1.54, 1.807) is 11.1 Å². The second-order valence-electron chi connectivity index (χ2n) is 7.66. The SMILES string of the molecule is CC(C)N(C)[C@H]1c2ccccc2[C@@H]2CN(Cc3cccnc3)C[C@@H]21. The molecule has 0 radical (unpaired) electrons. The van der Waals surface area contributed by atoms with Crippen molar-refractivity contribution in [1.82, 2.24) is 14.8 Å². The standard InChI is InChI=1S/C21H27N3/c1-15(2)23(3)21-18-9-5-4-8-17(18)19-13-24(14-20(19)21)12-16-7-6-10-22-11-16/h4-11,15,19-21H,12-14H2,1-3H3/t19-,20-,21-/m0/s1. The van der Waals surface area contributed by atoms with Gasteiger partial charge in [0.2, 0.25) is 0 Å². The minimum absolute atomic E-state index is 0.546. The molecule has 0 unspecified atom stereocenters. The zero-order valence-corrected chi connectivity index (χ0v) is 14.9. The second-order valence-corrected chi connectivity index (χ2v) is 7.66. The summed E-state index contributed by atoms with van der Waals surface area (Å²) in [5, 5.41) is 0. The van der Waals surface area contributed by atoms with Crippen molar-refractivity contribution in [2.75, 3.05) is 20.1 Å². The number of hydrogen-bond acceptors (Lipinski definition) is 3. The average Bonchev–Trinajstić information content (AvgIpc) is 3.11. The van der Waals surface area contributed by atoms with Gasteiger partial charge < -0.3 is 0 Å². The third-order valence-electron chi connectivity index (χ3n) is 5.94. The number of pyridine rings is 1. The number of aromatic nitrogens is 1. The van der Waals surface area contributed by atoms with E-state index < -0.39 is 0 Å². The Bertz CT molecular complexity index is 697. The van der Waals surface area contributed by atoms with Gasteiger partial charge in [-0.05, 0) is 49.6 Å². The van der Waals surface area contributed by atoms with Crippen molar-refractivity contribution < 1.29 is 0 Å². The van der Waals surface area contributed by atoms with Crippen LogP contribution < -0.4 is 0 Å². The van der Waals surface area contributed by atoms with Crippen LogP contribution in [0, 0.1) is 5.92 Å². The zero-order valence-electron chi connectivity index (χ0n) is 14.9. The van der Waals surface area contributed by atoms with Gasteiger partial charge in [0.1, 0.15) is 0 Å². The number of likely N-dealkylation sites (tertiary alicyclic amines) is 1. The second kappa shape index (κ2) is 6.30. The molecule has 2 heterocycles. The van der Waals surface area contributed by atoms with Crippen molar-refractivity contribution in [1.29, 1.82) is 0 Å². The van der Waals surface area contributed by atoms with Gasteiger partial charge in [0.25, 0.3) is 0 Å². The molecule has 3 heteroatoms. The highest BCUT2D eigenvalue weighted by Gasteiger charge is 2.47. The van der Waals surface area contributed by atoms with Crippen LogP contribution in [0.25, 0.3) is 0 Å². The maximum absolute atomic E-state index is 4.27. The minimum Gasteiger partial charge on any atom is -0.298 e. The van der Waals surface area contributed by atoms with Crippen molar-refractivity contribution in [3.05, 3.63) is 65.5 Å². The largest absolute Gasteiger partial charge is 0.298 e. The third kappa shape index (κ3) is 2.66. The van der Waals surface area contributed by atoms with Crippen LogP contribution in [0.3, 0.4) is 0 Å². The fourth-order valence-corrected chi connectivity index (χ4v) is 4.63. The molecule has 4 rings (SSSR count). The first-order valence-corrected chi connectivity index (χ1v) is 9.07. The van der Waals surface area contributed by atoms with E-state index in [1.165, 1.54) is 18.7 Å². The Kier molecular flexibility index (Phi) is 4.15. The summed E-state index contributed by atoms with van der Waals surface area (Å²) in [6.45, 7) is 7.96.